The first-order chi connectivity index (χ1) is 10.6. The van der Waals surface area contributed by atoms with Crippen molar-refractivity contribution in [3.8, 4) is 11.5 Å². The summed E-state index contributed by atoms with van der Waals surface area (Å²) < 4.78 is 15.8. The molecule has 0 spiro atoms. The molecule has 0 radical (unpaired) electrons. The minimum Gasteiger partial charge on any atom is -0.493 e. The Hall–Kier alpha value is -2.76. The van der Waals surface area contributed by atoms with Crippen LogP contribution in [0, 0.1) is 13.8 Å². The Morgan fingerprint density at radius 3 is 2.64 bits per heavy atom. The summed E-state index contributed by atoms with van der Waals surface area (Å²) in [6, 6.07) is 7.08. The van der Waals surface area contributed by atoms with Gasteiger partial charge in [-0.3, -0.25) is 4.79 Å². The van der Waals surface area contributed by atoms with Gasteiger partial charge < -0.3 is 13.9 Å². The lowest BCUT2D eigenvalue weighted by Gasteiger charge is -2.09. The topological polar surface area (TPSA) is 73.1 Å². The number of hydrogen-bond donors (Lipinski definition) is 1. The number of carbonyl (C=O) groups is 1. The molecule has 1 aromatic heterocycles. The van der Waals surface area contributed by atoms with E-state index in [0.717, 1.165) is 0 Å². The monoisotopic (exact) mass is 302 g/mol. The van der Waals surface area contributed by atoms with Crippen molar-refractivity contribution in [1.29, 1.82) is 0 Å². The van der Waals surface area contributed by atoms with E-state index in [9.17, 15) is 4.79 Å². The normalized spacial score (nSPS) is 10.7. The van der Waals surface area contributed by atoms with Gasteiger partial charge in [0, 0.05) is 5.56 Å². The number of carbonyl (C=O) groups excluding carboxylic acids is 1. The highest BCUT2D eigenvalue weighted by Crippen LogP contribution is 2.29. The van der Waals surface area contributed by atoms with E-state index in [-0.39, 0.29) is 5.91 Å². The number of aryl methyl sites for hydroxylation is 2. The molecule has 116 valence electrons. The van der Waals surface area contributed by atoms with E-state index in [1.807, 2.05) is 12.1 Å². The maximum absolute atomic E-state index is 12.0. The number of rotatable bonds is 5. The van der Waals surface area contributed by atoms with E-state index < -0.39 is 0 Å². The van der Waals surface area contributed by atoms with Gasteiger partial charge >= 0.3 is 0 Å². The third-order valence-electron chi connectivity index (χ3n) is 3.09. The number of hydrogen-bond acceptors (Lipinski definition) is 5. The van der Waals surface area contributed by atoms with Gasteiger partial charge in [0.05, 0.1) is 26.0 Å². The van der Waals surface area contributed by atoms with E-state index >= 15 is 0 Å². The Labute approximate surface area is 128 Å². The second-order valence-corrected chi connectivity index (χ2v) is 4.61. The largest absolute Gasteiger partial charge is 0.493 e. The molecule has 0 saturated carbocycles. The van der Waals surface area contributed by atoms with Crippen molar-refractivity contribution < 1.29 is 18.7 Å². The lowest BCUT2D eigenvalue weighted by Crippen LogP contribution is -2.17. The molecule has 0 saturated heterocycles. The number of furan rings is 1. The highest BCUT2D eigenvalue weighted by Gasteiger charge is 2.13. The zero-order chi connectivity index (χ0) is 16.1. The van der Waals surface area contributed by atoms with Crippen LogP contribution in [-0.4, -0.2) is 26.3 Å². The molecule has 0 fully saturated rings. The van der Waals surface area contributed by atoms with Gasteiger partial charge in [-0.1, -0.05) is 6.07 Å². The molecule has 1 amide bonds. The van der Waals surface area contributed by atoms with Crippen LogP contribution in [0.3, 0.4) is 0 Å². The van der Waals surface area contributed by atoms with Crippen molar-refractivity contribution in [1.82, 2.24) is 5.43 Å². The molecule has 22 heavy (non-hydrogen) atoms. The number of ether oxygens (including phenoxy) is 2. The Morgan fingerprint density at radius 2 is 2.05 bits per heavy atom. The van der Waals surface area contributed by atoms with Gasteiger partial charge in [-0.05, 0) is 32.0 Å². The van der Waals surface area contributed by atoms with Gasteiger partial charge in [-0.15, -0.1) is 0 Å². The van der Waals surface area contributed by atoms with Crippen LogP contribution in [0.25, 0.3) is 0 Å². The zero-order valence-electron chi connectivity index (χ0n) is 13.0. The van der Waals surface area contributed by atoms with Gasteiger partial charge in [-0.2, -0.15) is 5.10 Å². The van der Waals surface area contributed by atoms with Gasteiger partial charge in [-0.25, -0.2) is 5.43 Å². The second-order valence-electron chi connectivity index (χ2n) is 4.61. The molecule has 6 heteroatoms. The molecule has 0 atom stereocenters. The maximum atomic E-state index is 12.0. The first-order valence-electron chi connectivity index (χ1n) is 6.68. The first kappa shape index (κ1) is 15.6. The smallest absolute Gasteiger partial charge is 0.274 e. The van der Waals surface area contributed by atoms with Crippen LogP contribution in [0.2, 0.25) is 0 Å². The summed E-state index contributed by atoms with van der Waals surface area (Å²) in [4.78, 5) is 12.0. The summed E-state index contributed by atoms with van der Waals surface area (Å²) in [6.07, 6.45) is 1.50. The van der Waals surface area contributed by atoms with E-state index in [1.54, 1.807) is 40.2 Å². The van der Waals surface area contributed by atoms with Crippen LogP contribution in [0.5, 0.6) is 11.5 Å². The predicted molar refractivity (Wildman–Crippen MR) is 82.8 cm³/mol. The maximum Gasteiger partial charge on any atom is 0.274 e. The summed E-state index contributed by atoms with van der Waals surface area (Å²) in [6.45, 7) is 3.52. The van der Waals surface area contributed by atoms with E-state index in [4.69, 9.17) is 13.9 Å². The molecule has 0 aliphatic heterocycles. The quantitative estimate of drug-likeness (QED) is 0.681. The summed E-state index contributed by atoms with van der Waals surface area (Å²) in [7, 11) is 3.11. The minimum atomic E-state index is -0.326. The van der Waals surface area contributed by atoms with Crippen molar-refractivity contribution >= 4 is 12.1 Å². The number of methoxy groups -OCH3 is 2. The Balaban J connectivity index is 2.13. The molecule has 0 aliphatic carbocycles. The third-order valence-corrected chi connectivity index (χ3v) is 3.09. The number of hydrazone groups is 1. The van der Waals surface area contributed by atoms with Crippen LogP contribution in [-0.2, 0) is 0 Å². The third kappa shape index (κ3) is 3.28. The summed E-state index contributed by atoms with van der Waals surface area (Å²) in [5.41, 5.74) is 3.63. The molecule has 0 bridgehead atoms. The van der Waals surface area contributed by atoms with Crippen molar-refractivity contribution in [3.63, 3.8) is 0 Å². The fourth-order valence-electron chi connectivity index (χ4n) is 2.09. The number of nitrogens with one attached hydrogen (secondary N) is 1. The molecule has 1 N–H and O–H groups in total. The molecule has 1 heterocycles. The predicted octanol–water partition coefficient (Wildman–Crippen LogP) is 2.68. The van der Waals surface area contributed by atoms with E-state index in [0.29, 0.717) is 34.1 Å². The fraction of sp³-hybridized carbons (Fsp3) is 0.250. The summed E-state index contributed by atoms with van der Waals surface area (Å²) in [5, 5.41) is 3.95. The SMILES string of the molecule is COc1cccc(C=NNC(=O)c2cc(C)oc2C)c1OC. The molecule has 1 aromatic carbocycles. The van der Waals surface area contributed by atoms with Crippen molar-refractivity contribution in [2.24, 2.45) is 5.10 Å². The molecule has 0 unspecified atom stereocenters. The van der Waals surface area contributed by atoms with Crippen molar-refractivity contribution in [3.05, 3.63) is 46.9 Å². The fourth-order valence-corrected chi connectivity index (χ4v) is 2.09. The number of amides is 1. The van der Waals surface area contributed by atoms with Crippen LogP contribution >= 0.6 is 0 Å². The lowest BCUT2D eigenvalue weighted by atomic mass is 10.2. The van der Waals surface area contributed by atoms with Gasteiger partial charge in [0.1, 0.15) is 11.5 Å². The molecular formula is C16H18N2O4. The van der Waals surface area contributed by atoms with Crippen LogP contribution in [0.15, 0.2) is 33.8 Å². The standard InChI is InChI=1S/C16H18N2O4/c1-10-8-13(11(2)22-10)16(19)18-17-9-12-6-5-7-14(20-3)15(12)21-4/h5-9H,1-4H3,(H,18,19). The molecule has 2 aromatic rings. The Bertz CT molecular complexity index is 704. The average molecular weight is 302 g/mol. The van der Waals surface area contributed by atoms with Crippen molar-refractivity contribution in [2.45, 2.75) is 13.8 Å². The van der Waals surface area contributed by atoms with Crippen molar-refractivity contribution in [2.75, 3.05) is 14.2 Å². The van der Waals surface area contributed by atoms with E-state index in [2.05, 4.69) is 10.5 Å². The molecular weight excluding hydrogens is 284 g/mol. The minimum absolute atomic E-state index is 0.326. The highest BCUT2D eigenvalue weighted by molar-refractivity contribution is 5.96. The molecule has 6 nitrogen and oxygen atoms in total. The molecule has 0 aliphatic rings. The van der Waals surface area contributed by atoms with Gasteiger partial charge in [0.2, 0.25) is 0 Å². The summed E-state index contributed by atoms with van der Waals surface area (Å²) in [5.74, 6) is 2.06. The zero-order valence-corrected chi connectivity index (χ0v) is 13.0. The summed E-state index contributed by atoms with van der Waals surface area (Å²) >= 11 is 0. The Kier molecular flexibility index (Phi) is 4.83. The lowest BCUT2D eigenvalue weighted by molar-refractivity contribution is 0.0953. The van der Waals surface area contributed by atoms with Gasteiger partial charge in [0.15, 0.2) is 11.5 Å². The number of para-hydroxylation sites is 1. The Morgan fingerprint density at radius 1 is 1.27 bits per heavy atom. The second kappa shape index (κ2) is 6.80. The van der Waals surface area contributed by atoms with Crippen LogP contribution < -0.4 is 14.9 Å². The number of benzene rings is 1. The highest BCUT2D eigenvalue weighted by atomic mass is 16.5. The average Bonchev–Trinajstić information content (AvgIpc) is 2.85. The molecule has 2 rings (SSSR count). The number of nitrogens with zero attached hydrogens (tertiary/aromatic N) is 1. The van der Waals surface area contributed by atoms with Crippen LogP contribution in [0.1, 0.15) is 27.4 Å². The van der Waals surface area contributed by atoms with Crippen LogP contribution in [0.4, 0.5) is 0 Å². The first-order valence-corrected chi connectivity index (χ1v) is 6.68. The van der Waals surface area contributed by atoms with Gasteiger partial charge in [0.25, 0.3) is 5.91 Å². The van der Waals surface area contributed by atoms with E-state index in [1.165, 1.54) is 6.21 Å².